The molecule has 34 heavy (non-hydrogen) atoms. The summed E-state index contributed by atoms with van der Waals surface area (Å²) in [6.45, 7) is 0. The molecule has 4 rings (SSSR count). The Morgan fingerprint density at radius 1 is 0.735 bits per heavy atom. The highest BCUT2D eigenvalue weighted by Crippen LogP contribution is 2.29. The summed E-state index contributed by atoms with van der Waals surface area (Å²) in [5.41, 5.74) is 2.42. The van der Waals surface area contributed by atoms with E-state index in [1.807, 2.05) is 60.7 Å². The molecular formula is C27H21Cl2N3O2. The first-order valence-corrected chi connectivity index (χ1v) is 11.4. The van der Waals surface area contributed by atoms with Gasteiger partial charge in [-0.3, -0.25) is 14.6 Å². The molecule has 0 aliphatic carbocycles. The van der Waals surface area contributed by atoms with Crippen LogP contribution in [0, 0.1) is 0 Å². The molecule has 5 nitrogen and oxygen atoms in total. The van der Waals surface area contributed by atoms with Crippen LogP contribution >= 0.6 is 23.2 Å². The number of nitrogens with one attached hydrogen (secondary N) is 2. The van der Waals surface area contributed by atoms with E-state index in [2.05, 4.69) is 15.6 Å². The Morgan fingerprint density at radius 2 is 1.35 bits per heavy atom. The molecule has 0 radical (unpaired) electrons. The predicted octanol–water partition coefficient (Wildman–Crippen LogP) is 5.77. The number of benzene rings is 3. The highest BCUT2D eigenvalue weighted by atomic mass is 35.5. The van der Waals surface area contributed by atoms with Crippen molar-refractivity contribution in [3.05, 3.63) is 136 Å². The fraction of sp³-hybridized carbons (Fsp3) is 0.0741. The molecular weight excluding hydrogens is 469 g/mol. The van der Waals surface area contributed by atoms with E-state index < -0.39 is 23.9 Å². The van der Waals surface area contributed by atoms with Crippen LogP contribution < -0.4 is 10.6 Å². The number of hydrogen-bond donors (Lipinski definition) is 2. The third kappa shape index (κ3) is 5.63. The largest absolute Gasteiger partial charge is 0.343 e. The molecule has 170 valence electrons. The molecule has 1 aromatic heterocycles. The lowest BCUT2D eigenvalue weighted by Crippen LogP contribution is -2.42. The summed E-state index contributed by atoms with van der Waals surface area (Å²) < 4.78 is 0. The zero-order valence-corrected chi connectivity index (χ0v) is 19.5. The number of carbonyl (C=O) groups is 2. The molecule has 4 aromatic rings. The van der Waals surface area contributed by atoms with Gasteiger partial charge in [-0.05, 0) is 35.4 Å². The highest BCUT2D eigenvalue weighted by molar-refractivity contribution is 6.35. The topological polar surface area (TPSA) is 71.1 Å². The Hall–Kier alpha value is -3.67. The highest BCUT2D eigenvalue weighted by Gasteiger charge is 2.28. The van der Waals surface area contributed by atoms with E-state index in [1.54, 1.807) is 30.3 Å². The van der Waals surface area contributed by atoms with Crippen molar-refractivity contribution in [1.82, 2.24) is 15.6 Å². The van der Waals surface area contributed by atoms with Gasteiger partial charge in [-0.25, -0.2) is 0 Å². The predicted molar refractivity (Wildman–Crippen MR) is 134 cm³/mol. The second-order valence-corrected chi connectivity index (χ2v) is 8.39. The van der Waals surface area contributed by atoms with Crippen LogP contribution in [0.3, 0.4) is 0 Å². The van der Waals surface area contributed by atoms with E-state index in [-0.39, 0.29) is 10.7 Å². The lowest BCUT2D eigenvalue weighted by molar-refractivity contribution is -0.123. The molecule has 7 heteroatoms. The number of amides is 2. The summed E-state index contributed by atoms with van der Waals surface area (Å²) in [6, 6.07) is 27.5. The molecule has 0 unspecified atom stereocenters. The molecule has 0 aliphatic heterocycles. The SMILES string of the molecule is O=C(N[C@@H](C(=O)NC(c1ccccc1)c1ccccc1)c1ccc(Cl)cc1Cl)c1ccccn1. The van der Waals surface area contributed by atoms with Gasteiger partial charge >= 0.3 is 0 Å². The van der Waals surface area contributed by atoms with Crippen molar-refractivity contribution in [1.29, 1.82) is 0 Å². The van der Waals surface area contributed by atoms with Crippen molar-refractivity contribution >= 4 is 35.0 Å². The second kappa shape index (κ2) is 11.0. The smallest absolute Gasteiger partial charge is 0.270 e. The van der Waals surface area contributed by atoms with Crippen molar-refractivity contribution in [2.24, 2.45) is 0 Å². The maximum Gasteiger partial charge on any atom is 0.270 e. The standard InChI is InChI=1S/C27H21Cl2N3O2/c28-20-14-15-21(22(29)17-20)25(32-26(33)23-13-7-8-16-30-23)27(34)31-24(18-9-3-1-4-10-18)19-11-5-2-6-12-19/h1-17,24-25H,(H,31,34)(H,32,33)/t25-/m1/s1. The maximum absolute atomic E-state index is 13.7. The van der Waals surface area contributed by atoms with E-state index >= 15 is 0 Å². The van der Waals surface area contributed by atoms with Gasteiger partial charge in [-0.1, -0.05) is 96.0 Å². The zero-order valence-electron chi connectivity index (χ0n) is 18.0. The van der Waals surface area contributed by atoms with Crippen LogP contribution in [0.25, 0.3) is 0 Å². The molecule has 1 atom stereocenters. The van der Waals surface area contributed by atoms with Gasteiger partial charge < -0.3 is 10.6 Å². The molecule has 0 fully saturated rings. The van der Waals surface area contributed by atoms with Crippen LogP contribution in [0.1, 0.15) is 39.3 Å². The Morgan fingerprint density at radius 3 is 1.91 bits per heavy atom. The number of aromatic nitrogens is 1. The summed E-state index contributed by atoms with van der Waals surface area (Å²) >= 11 is 12.5. The van der Waals surface area contributed by atoms with Gasteiger partial charge in [0.1, 0.15) is 11.7 Å². The number of nitrogens with zero attached hydrogens (tertiary/aromatic N) is 1. The van der Waals surface area contributed by atoms with E-state index in [4.69, 9.17) is 23.2 Å². The van der Waals surface area contributed by atoms with Gasteiger partial charge in [0.05, 0.1) is 6.04 Å². The molecule has 0 saturated heterocycles. The van der Waals surface area contributed by atoms with Crippen LogP contribution in [-0.2, 0) is 4.79 Å². The van der Waals surface area contributed by atoms with Crippen molar-refractivity contribution in [3.8, 4) is 0 Å². The average molecular weight is 490 g/mol. The Bertz CT molecular complexity index is 1230. The molecule has 0 spiro atoms. The van der Waals surface area contributed by atoms with E-state index in [0.29, 0.717) is 10.6 Å². The first-order valence-electron chi connectivity index (χ1n) is 10.6. The molecule has 1 heterocycles. The monoisotopic (exact) mass is 489 g/mol. The van der Waals surface area contributed by atoms with Crippen molar-refractivity contribution < 1.29 is 9.59 Å². The minimum Gasteiger partial charge on any atom is -0.343 e. The Labute approximate surface area is 207 Å². The molecule has 2 N–H and O–H groups in total. The van der Waals surface area contributed by atoms with Crippen LogP contribution in [0.15, 0.2) is 103 Å². The number of halogens is 2. The van der Waals surface area contributed by atoms with Crippen molar-refractivity contribution in [2.45, 2.75) is 12.1 Å². The van der Waals surface area contributed by atoms with E-state index in [0.717, 1.165) is 11.1 Å². The zero-order chi connectivity index (χ0) is 23.9. The van der Waals surface area contributed by atoms with Gasteiger partial charge in [0, 0.05) is 21.8 Å². The summed E-state index contributed by atoms with van der Waals surface area (Å²) in [7, 11) is 0. The van der Waals surface area contributed by atoms with Crippen molar-refractivity contribution in [3.63, 3.8) is 0 Å². The Kier molecular flexibility index (Phi) is 7.58. The van der Waals surface area contributed by atoms with Gasteiger partial charge in [-0.2, -0.15) is 0 Å². The fourth-order valence-corrected chi connectivity index (χ4v) is 4.12. The van der Waals surface area contributed by atoms with Crippen LogP contribution in [0.4, 0.5) is 0 Å². The molecule has 2 amide bonds. The third-order valence-corrected chi connectivity index (χ3v) is 5.82. The molecule has 0 aliphatic rings. The first-order chi connectivity index (χ1) is 16.5. The maximum atomic E-state index is 13.7. The normalized spacial score (nSPS) is 11.6. The van der Waals surface area contributed by atoms with Gasteiger partial charge in [0.2, 0.25) is 5.91 Å². The lowest BCUT2D eigenvalue weighted by atomic mass is 9.97. The van der Waals surface area contributed by atoms with Gasteiger partial charge in [0.25, 0.3) is 5.91 Å². The number of hydrogen-bond acceptors (Lipinski definition) is 3. The van der Waals surface area contributed by atoms with Crippen LogP contribution in [0.2, 0.25) is 10.0 Å². The second-order valence-electron chi connectivity index (χ2n) is 7.55. The average Bonchev–Trinajstić information content (AvgIpc) is 2.87. The summed E-state index contributed by atoms with van der Waals surface area (Å²) in [6.07, 6.45) is 1.51. The minimum atomic E-state index is -1.07. The number of carbonyl (C=O) groups excluding carboxylic acids is 2. The van der Waals surface area contributed by atoms with E-state index in [1.165, 1.54) is 12.3 Å². The summed E-state index contributed by atoms with van der Waals surface area (Å²) in [5.74, 6) is -0.922. The Balaban J connectivity index is 1.69. The quantitative estimate of drug-likeness (QED) is 0.346. The van der Waals surface area contributed by atoms with Gasteiger partial charge in [-0.15, -0.1) is 0 Å². The van der Waals surface area contributed by atoms with Crippen LogP contribution in [-0.4, -0.2) is 16.8 Å². The molecule has 0 saturated carbocycles. The van der Waals surface area contributed by atoms with E-state index in [9.17, 15) is 9.59 Å². The first kappa shape index (κ1) is 23.5. The molecule has 0 bridgehead atoms. The summed E-state index contributed by atoms with van der Waals surface area (Å²) in [4.78, 5) is 30.7. The number of pyridine rings is 1. The number of rotatable bonds is 7. The van der Waals surface area contributed by atoms with Crippen molar-refractivity contribution in [2.75, 3.05) is 0 Å². The summed E-state index contributed by atoms with van der Waals surface area (Å²) in [5, 5.41) is 6.55. The third-order valence-electron chi connectivity index (χ3n) is 5.26. The lowest BCUT2D eigenvalue weighted by Gasteiger charge is -2.25. The fourth-order valence-electron chi connectivity index (χ4n) is 3.60. The van der Waals surface area contributed by atoms with Gasteiger partial charge in [0.15, 0.2) is 0 Å². The van der Waals surface area contributed by atoms with Crippen LogP contribution in [0.5, 0.6) is 0 Å². The minimum absolute atomic E-state index is 0.188. The molecule has 3 aromatic carbocycles.